The molecular formula is C16H20N4. The van der Waals surface area contributed by atoms with Crippen LogP contribution in [0.15, 0.2) is 36.8 Å². The summed E-state index contributed by atoms with van der Waals surface area (Å²) in [6.07, 6.45) is 5.91. The van der Waals surface area contributed by atoms with Crippen molar-refractivity contribution in [1.29, 1.82) is 0 Å². The van der Waals surface area contributed by atoms with Crippen molar-refractivity contribution in [3.8, 4) is 0 Å². The van der Waals surface area contributed by atoms with Crippen LogP contribution in [0.4, 0.5) is 0 Å². The van der Waals surface area contributed by atoms with Gasteiger partial charge in [-0.1, -0.05) is 32.0 Å². The van der Waals surface area contributed by atoms with Crippen molar-refractivity contribution in [3.63, 3.8) is 0 Å². The predicted octanol–water partition coefficient (Wildman–Crippen LogP) is 3.25. The summed E-state index contributed by atoms with van der Waals surface area (Å²) in [6.45, 7) is 6.06. The molecule has 2 aromatic heterocycles. The normalized spacial score (nSPS) is 11.3. The largest absolute Gasteiger partial charge is 0.340 e. The number of fused-ring (bicyclic) bond motifs is 1. The standard InChI is InChI=1S/C16H20N4/c1-3-9-20-15(17-12-18-20)11-19-10-8-14-7-5-6-13(4-2)16(14)19/h5-8,10,12H,3-4,9,11H2,1-2H3. The van der Waals surface area contributed by atoms with Crippen LogP contribution in [0, 0.1) is 0 Å². The van der Waals surface area contributed by atoms with Gasteiger partial charge in [-0.25, -0.2) is 9.67 Å². The maximum absolute atomic E-state index is 4.40. The summed E-state index contributed by atoms with van der Waals surface area (Å²) in [4.78, 5) is 4.40. The molecule has 0 bridgehead atoms. The number of hydrogen-bond donors (Lipinski definition) is 0. The third-order valence-electron chi connectivity index (χ3n) is 3.70. The maximum Gasteiger partial charge on any atom is 0.146 e. The third kappa shape index (κ3) is 2.22. The van der Waals surface area contributed by atoms with Crippen molar-refractivity contribution in [2.24, 2.45) is 0 Å². The third-order valence-corrected chi connectivity index (χ3v) is 3.70. The zero-order valence-corrected chi connectivity index (χ0v) is 12.1. The molecule has 0 amide bonds. The summed E-state index contributed by atoms with van der Waals surface area (Å²) >= 11 is 0. The number of benzene rings is 1. The molecule has 104 valence electrons. The van der Waals surface area contributed by atoms with E-state index >= 15 is 0 Å². The number of hydrogen-bond acceptors (Lipinski definition) is 2. The molecule has 0 aliphatic rings. The molecule has 0 saturated heterocycles. The van der Waals surface area contributed by atoms with Gasteiger partial charge in [-0.3, -0.25) is 0 Å². The van der Waals surface area contributed by atoms with Crippen molar-refractivity contribution in [3.05, 3.63) is 48.2 Å². The van der Waals surface area contributed by atoms with Gasteiger partial charge in [-0.05, 0) is 29.9 Å². The summed E-state index contributed by atoms with van der Waals surface area (Å²) in [7, 11) is 0. The molecule has 1 aromatic carbocycles. The first-order valence-electron chi connectivity index (χ1n) is 7.27. The molecule has 0 N–H and O–H groups in total. The molecule has 3 aromatic rings. The lowest BCUT2D eigenvalue weighted by Gasteiger charge is -2.09. The Kier molecular flexibility index (Phi) is 3.54. The summed E-state index contributed by atoms with van der Waals surface area (Å²) in [6, 6.07) is 8.68. The van der Waals surface area contributed by atoms with Gasteiger partial charge in [-0.15, -0.1) is 0 Å². The van der Waals surface area contributed by atoms with Gasteiger partial charge in [0.15, 0.2) is 0 Å². The van der Waals surface area contributed by atoms with Gasteiger partial charge in [0, 0.05) is 12.7 Å². The van der Waals surface area contributed by atoms with Crippen LogP contribution >= 0.6 is 0 Å². The van der Waals surface area contributed by atoms with E-state index in [9.17, 15) is 0 Å². The van der Waals surface area contributed by atoms with E-state index in [0.29, 0.717) is 0 Å². The molecule has 20 heavy (non-hydrogen) atoms. The van der Waals surface area contributed by atoms with Crippen molar-refractivity contribution in [2.75, 3.05) is 0 Å². The van der Waals surface area contributed by atoms with Crippen LogP contribution in [-0.4, -0.2) is 19.3 Å². The topological polar surface area (TPSA) is 35.6 Å². The second kappa shape index (κ2) is 5.49. The van der Waals surface area contributed by atoms with E-state index in [0.717, 1.165) is 31.8 Å². The minimum atomic E-state index is 0.778. The Bertz CT molecular complexity index is 708. The van der Waals surface area contributed by atoms with Crippen LogP contribution in [0.3, 0.4) is 0 Å². The Morgan fingerprint density at radius 3 is 2.85 bits per heavy atom. The maximum atomic E-state index is 4.40. The fourth-order valence-electron chi connectivity index (χ4n) is 2.72. The van der Waals surface area contributed by atoms with E-state index in [4.69, 9.17) is 0 Å². The fraction of sp³-hybridized carbons (Fsp3) is 0.375. The van der Waals surface area contributed by atoms with Gasteiger partial charge in [-0.2, -0.15) is 5.10 Å². The van der Waals surface area contributed by atoms with E-state index in [1.165, 1.54) is 16.5 Å². The zero-order valence-electron chi connectivity index (χ0n) is 12.1. The quantitative estimate of drug-likeness (QED) is 0.712. The number of rotatable bonds is 5. The second-order valence-corrected chi connectivity index (χ2v) is 5.05. The van der Waals surface area contributed by atoms with Crippen LogP contribution in [0.5, 0.6) is 0 Å². The fourth-order valence-corrected chi connectivity index (χ4v) is 2.72. The van der Waals surface area contributed by atoms with E-state index in [-0.39, 0.29) is 0 Å². The SMILES string of the molecule is CCCn1ncnc1Cn1ccc2cccc(CC)c21. The summed E-state index contributed by atoms with van der Waals surface area (Å²) in [5.41, 5.74) is 2.70. The minimum absolute atomic E-state index is 0.778. The summed E-state index contributed by atoms with van der Waals surface area (Å²) in [5.74, 6) is 1.02. The van der Waals surface area contributed by atoms with Crippen LogP contribution < -0.4 is 0 Å². The van der Waals surface area contributed by atoms with Gasteiger partial charge >= 0.3 is 0 Å². The molecular weight excluding hydrogens is 248 g/mol. The first-order chi connectivity index (χ1) is 9.83. The Balaban J connectivity index is 2.00. The molecule has 0 unspecified atom stereocenters. The lowest BCUT2D eigenvalue weighted by atomic mass is 10.1. The van der Waals surface area contributed by atoms with Crippen LogP contribution in [-0.2, 0) is 19.5 Å². The van der Waals surface area contributed by atoms with Crippen molar-refractivity contribution in [1.82, 2.24) is 19.3 Å². The van der Waals surface area contributed by atoms with Gasteiger partial charge in [0.25, 0.3) is 0 Å². The number of aromatic nitrogens is 4. The molecule has 0 spiro atoms. The highest BCUT2D eigenvalue weighted by Crippen LogP contribution is 2.21. The predicted molar refractivity (Wildman–Crippen MR) is 80.7 cm³/mol. The van der Waals surface area contributed by atoms with Crippen LogP contribution in [0.25, 0.3) is 10.9 Å². The molecule has 0 fully saturated rings. The van der Waals surface area contributed by atoms with Crippen molar-refractivity contribution in [2.45, 2.75) is 39.8 Å². The van der Waals surface area contributed by atoms with Crippen molar-refractivity contribution >= 4 is 10.9 Å². The lowest BCUT2D eigenvalue weighted by molar-refractivity contribution is 0.557. The van der Waals surface area contributed by atoms with Gasteiger partial charge in [0.2, 0.25) is 0 Å². The molecule has 0 saturated carbocycles. The second-order valence-electron chi connectivity index (χ2n) is 5.05. The molecule has 0 radical (unpaired) electrons. The van der Waals surface area contributed by atoms with E-state index < -0.39 is 0 Å². The smallest absolute Gasteiger partial charge is 0.146 e. The molecule has 3 rings (SSSR count). The Labute approximate surface area is 119 Å². The number of nitrogens with zero attached hydrogens (tertiary/aromatic N) is 4. The average Bonchev–Trinajstić information content (AvgIpc) is 3.07. The van der Waals surface area contributed by atoms with E-state index in [1.54, 1.807) is 6.33 Å². The Morgan fingerprint density at radius 1 is 1.15 bits per heavy atom. The summed E-state index contributed by atoms with van der Waals surface area (Å²) < 4.78 is 4.28. The first kappa shape index (κ1) is 12.9. The molecule has 2 heterocycles. The molecule has 0 aliphatic heterocycles. The zero-order chi connectivity index (χ0) is 13.9. The highest BCUT2D eigenvalue weighted by molar-refractivity contribution is 5.83. The first-order valence-corrected chi connectivity index (χ1v) is 7.27. The van der Waals surface area contributed by atoms with Crippen LogP contribution in [0.1, 0.15) is 31.7 Å². The van der Waals surface area contributed by atoms with Gasteiger partial charge in [0.05, 0.1) is 12.1 Å². The van der Waals surface area contributed by atoms with E-state index in [1.807, 2.05) is 4.68 Å². The van der Waals surface area contributed by atoms with Gasteiger partial charge < -0.3 is 4.57 Å². The van der Waals surface area contributed by atoms with Crippen molar-refractivity contribution < 1.29 is 0 Å². The summed E-state index contributed by atoms with van der Waals surface area (Å²) in [5, 5.41) is 5.60. The highest BCUT2D eigenvalue weighted by Gasteiger charge is 2.09. The average molecular weight is 268 g/mol. The van der Waals surface area contributed by atoms with Gasteiger partial charge in [0.1, 0.15) is 12.2 Å². The molecule has 4 nitrogen and oxygen atoms in total. The van der Waals surface area contributed by atoms with Crippen LogP contribution in [0.2, 0.25) is 0 Å². The number of para-hydroxylation sites is 1. The monoisotopic (exact) mass is 268 g/mol. The Morgan fingerprint density at radius 2 is 2.05 bits per heavy atom. The highest BCUT2D eigenvalue weighted by atomic mass is 15.3. The molecule has 0 atom stereocenters. The van der Waals surface area contributed by atoms with E-state index in [2.05, 4.69) is 59.0 Å². The minimum Gasteiger partial charge on any atom is -0.340 e. The molecule has 4 heteroatoms. The molecule has 0 aliphatic carbocycles. The Hall–Kier alpha value is -2.10. The number of aryl methyl sites for hydroxylation is 2. The lowest BCUT2D eigenvalue weighted by Crippen LogP contribution is -2.10.